The molecule has 1 aromatic heterocycles. The van der Waals surface area contributed by atoms with Crippen molar-refractivity contribution in [3.05, 3.63) is 46.8 Å². The third-order valence-electron chi connectivity index (χ3n) is 4.97. The first-order chi connectivity index (χ1) is 13.2. The van der Waals surface area contributed by atoms with E-state index < -0.39 is 0 Å². The number of carbonyl (C=O) groups excluding carboxylic acids is 1. The van der Waals surface area contributed by atoms with Crippen LogP contribution in [-0.4, -0.2) is 53.8 Å². The van der Waals surface area contributed by atoms with Crippen molar-refractivity contribution < 1.29 is 9.53 Å². The molecule has 3 N–H and O–H groups in total. The van der Waals surface area contributed by atoms with E-state index in [0.717, 1.165) is 55.2 Å². The second-order valence-electron chi connectivity index (χ2n) is 6.66. The van der Waals surface area contributed by atoms with Gasteiger partial charge in [-0.25, -0.2) is 0 Å². The van der Waals surface area contributed by atoms with Gasteiger partial charge in [0.05, 0.1) is 0 Å². The number of benzene rings is 1. The highest BCUT2D eigenvalue weighted by molar-refractivity contribution is 5.94. The van der Waals surface area contributed by atoms with Crippen molar-refractivity contribution in [3.63, 3.8) is 0 Å². The normalized spacial score (nSPS) is 13.4. The number of aromatic amines is 1. The van der Waals surface area contributed by atoms with Gasteiger partial charge in [0.25, 0.3) is 5.91 Å². The molecule has 0 spiro atoms. The van der Waals surface area contributed by atoms with E-state index >= 15 is 0 Å². The van der Waals surface area contributed by atoms with Crippen molar-refractivity contribution in [1.82, 2.24) is 25.7 Å². The fraction of sp³-hybridized carbons (Fsp3) is 0.500. The lowest BCUT2D eigenvalue weighted by Gasteiger charge is -2.18. The van der Waals surface area contributed by atoms with Crippen LogP contribution < -0.4 is 15.4 Å². The Kier molecular flexibility index (Phi) is 6.84. The van der Waals surface area contributed by atoms with Crippen LogP contribution in [0.1, 0.15) is 41.2 Å². The lowest BCUT2D eigenvalue weighted by atomic mass is 10.1. The van der Waals surface area contributed by atoms with Crippen molar-refractivity contribution in [2.75, 3.05) is 32.8 Å². The van der Waals surface area contributed by atoms with Gasteiger partial charge in [0.1, 0.15) is 12.4 Å². The average molecular weight is 371 g/mol. The van der Waals surface area contributed by atoms with Gasteiger partial charge in [0.2, 0.25) is 0 Å². The summed E-state index contributed by atoms with van der Waals surface area (Å²) in [5, 5.41) is 13.4. The van der Waals surface area contributed by atoms with Crippen LogP contribution in [0, 0.1) is 0 Å². The summed E-state index contributed by atoms with van der Waals surface area (Å²) in [6.07, 6.45) is 0.880. The first-order valence-electron chi connectivity index (χ1n) is 9.70. The van der Waals surface area contributed by atoms with E-state index in [0.29, 0.717) is 25.4 Å². The lowest BCUT2D eigenvalue weighted by molar-refractivity contribution is 0.0944. The highest BCUT2D eigenvalue weighted by Gasteiger charge is 2.21. The first kappa shape index (κ1) is 19.4. The number of amides is 1. The number of rotatable bonds is 9. The Labute approximate surface area is 160 Å². The average Bonchev–Trinajstić information content (AvgIpc) is 3.14. The Hall–Kier alpha value is -2.38. The number of hydrogen-bond donors (Lipinski definition) is 3. The standard InChI is InChI=1S/C20H29N5O2/c1-3-25(4-2)11-12-27-16-7-5-15(6-8-16)13-22-20(26)19-17-14-21-10-9-18(17)23-24-19/h5-8,21H,3-4,9-14H2,1-2H3,(H,22,26)(H,23,24). The molecule has 2 aromatic rings. The fourth-order valence-electron chi connectivity index (χ4n) is 3.22. The van der Waals surface area contributed by atoms with Crippen molar-refractivity contribution in [1.29, 1.82) is 0 Å². The number of nitrogens with zero attached hydrogens (tertiary/aromatic N) is 2. The minimum absolute atomic E-state index is 0.143. The highest BCUT2D eigenvalue weighted by atomic mass is 16.5. The molecule has 1 amide bonds. The summed E-state index contributed by atoms with van der Waals surface area (Å²) in [4.78, 5) is 14.8. The minimum Gasteiger partial charge on any atom is -0.492 e. The molecule has 0 saturated carbocycles. The fourth-order valence-corrected chi connectivity index (χ4v) is 3.22. The molecule has 0 saturated heterocycles. The van der Waals surface area contributed by atoms with Gasteiger partial charge in [-0.2, -0.15) is 5.10 Å². The van der Waals surface area contributed by atoms with Crippen LogP contribution in [0.25, 0.3) is 0 Å². The number of ether oxygens (including phenoxy) is 1. The largest absolute Gasteiger partial charge is 0.492 e. The van der Waals surface area contributed by atoms with Gasteiger partial charge >= 0.3 is 0 Å². The molecule has 27 heavy (non-hydrogen) atoms. The smallest absolute Gasteiger partial charge is 0.272 e. The Balaban J connectivity index is 1.47. The summed E-state index contributed by atoms with van der Waals surface area (Å²) in [5.41, 5.74) is 3.57. The van der Waals surface area contributed by atoms with E-state index in [1.165, 1.54) is 0 Å². The van der Waals surface area contributed by atoms with Crippen molar-refractivity contribution in [2.45, 2.75) is 33.4 Å². The number of nitrogens with one attached hydrogen (secondary N) is 3. The van der Waals surface area contributed by atoms with Gasteiger partial charge < -0.3 is 20.3 Å². The van der Waals surface area contributed by atoms with Crippen LogP contribution in [0.4, 0.5) is 0 Å². The number of hydrogen-bond acceptors (Lipinski definition) is 5. The van der Waals surface area contributed by atoms with E-state index in [2.05, 4.69) is 39.6 Å². The molecule has 7 heteroatoms. The SMILES string of the molecule is CCN(CC)CCOc1ccc(CNC(=O)c2n[nH]c3c2CNCC3)cc1. The van der Waals surface area contributed by atoms with E-state index in [1.807, 2.05) is 24.3 Å². The predicted molar refractivity (Wildman–Crippen MR) is 105 cm³/mol. The van der Waals surface area contributed by atoms with E-state index in [-0.39, 0.29) is 5.91 Å². The van der Waals surface area contributed by atoms with Crippen LogP contribution in [0.5, 0.6) is 5.75 Å². The molecule has 3 rings (SSSR count). The van der Waals surface area contributed by atoms with Gasteiger partial charge in [-0.1, -0.05) is 26.0 Å². The van der Waals surface area contributed by atoms with Crippen molar-refractivity contribution in [2.24, 2.45) is 0 Å². The van der Waals surface area contributed by atoms with Gasteiger partial charge in [-0.3, -0.25) is 9.89 Å². The molecular formula is C20H29N5O2. The van der Waals surface area contributed by atoms with E-state index in [4.69, 9.17) is 4.74 Å². The Morgan fingerprint density at radius 3 is 2.78 bits per heavy atom. The number of likely N-dealkylation sites (N-methyl/N-ethyl adjacent to an activating group) is 1. The Bertz CT molecular complexity index is 737. The summed E-state index contributed by atoms with van der Waals surface area (Å²) in [6, 6.07) is 7.86. The summed E-state index contributed by atoms with van der Waals surface area (Å²) in [7, 11) is 0. The zero-order valence-electron chi connectivity index (χ0n) is 16.2. The van der Waals surface area contributed by atoms with Gasteiger partial charge in [-0.05, 0) is 30.8 Å². The molecule has 2 heterocycles. The van der Waals surface area contributed by atoms with Crippen molar-refractivity contribution >= 4 is 5.91 Å². The second-order valence-corrected chi connectivity index (χ2v) is 6.66. The number of carbonyl (C=O) groups is 1. The summed E-state index contributed by atoms with van der Waals surface area (Å²) >= 11 is 0. The monoisotopic (exact) mass is 371 g/mol. The van der Waals surface area contributed by atoms with Crippen LogP contribution >= 0.6 is 0 Å². The number of H-pyrrole nitrogens is 1. The van der Waals surface area contributed by atoms with Crippen molar-refractivity contribution in [3.8, 4) is 5.75 Å². The van der Waals surface area contributed by atoms with Crippen LogP contribution in [0.15, 0.2) is 24.3 Å². The molecule has 0 radical (unpaired) electrons. The quantitative estimate of drug-likeness (QED) is 0.625. The molecule has 1 aliphatic heterocycles. The molecule has 146 valence electrons. The topological polar surface area (TPSA) is 82.3 Å². The maximum atomic E-state index is 12.4. The van der Waals surface area contributed by atoms with Gasteiger partial charge in [0, 0.05) is 43.9 Å². The van der Waals surface area contributed by atoms with Crippen LogP contribution in [0.2, 0.25) is 0 Å². The maximum Gasteiger partial charge on any atom is 0.272 e. The van der Waals surface area contributed by atoms with Crippen LogP contribution in [0.3, 0.4) is 0 Å². The summed E-state index contributed by atoms with van der Waals surface area (Å²) in [5.74, 6) is 0.709. The molecule has 0 atom stereocenters. The summed E-state index contributed by atoms with van der Waals surface area (Å²) < 4.78 is 5.79. The molecular weight excluding hydrogens is 342 g/mol. The second kappa shape index (κ2) is 9.53. The third kappa shape index (κ3) is 5.08. The predicted octanol–water partition coefficient (Wildman–Crippen LogP) is 1.71. The number of aromatic nitrogens is 2. The van der Waals surface area contributed by atoms with E-state index in [1.54, 1.807) is 0 Å². The van der Waals surface area contributed by atoms with E-state index in [9.17, 15) is 4.79 Å². The number of fused-ring (bicyclic) bond motifs is 1. The zero-order valence-corrected chi connectivity index (χ0v) is 16.2. The van der Waals surface area contributed by atoms with Gasteiger partial charge in [-0.15, -0.1) is 0 Å². The van der Waals surface area contributed by atoms with Gasteiger partial charge in [0.15, 0.2) is 5.69 Å². The Morgan fingerprint density at radius 1 is 1.26 bits per heavy atom. The zero-order chi connectivity index (χ0) is 19.1. The molecule has 7 nitrogen and oxygen atoms in total. The van der Waals surface area contributed by atoms with Crippen LogP contribution in [-0.2, 0) is 19.5 Å². The lowest BCUT2D eigenvalue weighted by Crippen LogP contribution is -2.28. The molecule has 0 unspecified atom stereocenters. The highest BCUT2D eigenvalue weighted by Crippen LogP contribution is 2.16. The molecule has 0 aliphatic carbocycles. The molecule has 1 aliphatic rings. The summed E-state index contributed by atoms with van der Waals surface area (Å²) in [6.45, 7) is 10.1. The maximum absolute atomic E-state index is 12.4. The molecule has 0 bridgehead atoms. The molecule has 0 fully saturated rings. The minimum atomic E-state index is -0.143. The first-order valence-corrected chi connectivity index (χ1v) is 9.70. The third-order valence-corrected chi connectivity index (χ3v) is 4.97. The Morgan fingerprint density at radius 2 is 2.04 bits per heavy atom. The molecule has 1 aromatic carbocycles.